The molecule has 9 nitrogen and oxygen atoms in total. The third-order valence-electron chi connectivity index (χ3n) is 5.37. The quantitative estimate of drug-likeness (QED) is 0.248. The number of aromatic amines is 1. The lowest BCUT2D eigenvalue weighted by atomic mass is 10.1. The Morgan fingerprint density at radius 2 is 1.76 bits per heavy atom. The minimum absolute atomic E-state index is 0.00135. The summed E-state index contributed by atoms with van der Waals surface area (Å²) in [5.41, 5.74) is 1.93. The van der Waals surface area contributed by atoms with Crippen LogP contribution in [-0.2, 0) is 4.79 Å². The second-order valence-electron chi connectivity index (χ2n) is 8.26. The molecule has 2 amide bonds. The van der Waals surface area contributed by atoms with Crippen molar-refractivity contribution in [1.29, 1.82) is 0 Å². The van der Waals surface area contributed by atoms with E-state index in [-0.39, 0.29) is 41.3 Å². The third kappa shape index (κ3) is 6.38. The van der Waals surface area contributed by atoms with Crippen molar-refractivity contribution in [3.8, 4) is 22.9 Å². The van der Waals surface area contributed by atoms with Crippen LogP contribution in [0.15, 0.2) is 67.0 Å². The van der Waals surface area contributed by atoms with Crippen LogP contribution in [0.1, 0.15) is 32.7 Å². The Morgan fingerprint density at radius 1 is 0.974 bits per heavy atom. The van der Waals surface area contributed by atoms with Crippen molar-refractivity contribution >= 4 is 23.5 Å². The van der Waals surface area contributed by atoms with E-state index in [0.717, 1.165) is 11.6 Å². The van der Waals surface area contributed by atoms with E-state index in [1.54, 1.807) is 13.0 Å². The molecule has 0 aliphatic heterocycles. The summed E-state index contributed by atoms with van der Waals surface area (Å²) in [6.45, 7) is 1.74. The molecule has 0 saturated heterocycles. The van der Waals surface area contributed by atoms with Gasteiger partial charge in [-0.25, -0.2) is 8.78 Å². The molecule has 2 heterocycles. The van der Waals surface area contributed by atoms with Crippen molar-refractivity contribution in [2.24, 2.45) is 0 Å². The molecule has 11 heteroatoms. The maximum absolute atomic E-state index is 14.5. The molecule has 194 valence electrons. The van der Waals surface area contributed by atoms with Crippen molar-refractivity contribution in [1.82, 2.24) is 15.3 Å². The molecular formula is C27H22F2N4O5. The highest BCUT2D eigenvalue weighted by molar-refractivity contribution is 6.04. The van der Waals surface area contributed by atoms with Gasteiger partial charge in [-0.1, -0.05) is 6.07 Å². The predicted molar refractivity (Wildman–Crippen MR) is 134 cm³/mol. The van der Waals surface area contributed by atoms with Crippen LogP contribution in [-0.4, -0.2) is 39.4 Å². The number of carbonyl (C=O) groups excluding carboxylic acids is 2. The number of amides is 2. The first-order chi connectivity index (χ1) is 18.2. The molecule has 38 heavy (non-hydrogen) atoms. The summed E-state index contributed by atoms with van der Waals surface area (Å²) in [4.78, 5) is 42.6. The molecule has 2 aromatic carbocycles. The summed E-state index contributed by atoms with van der Waals surface area (Å²) in [5, 5.41) is 13.7. The second kappa shape index (κ2) is 11.3. The van der Waals surface area contributed by atoms with Gasteiger partial charge < -0.3 is 25.5 Å². The van der Waals surface area contributed by atoms with E-state index in [0.29, 0.717) is 11.4 Å². The Hall–Kier alpha value is -5.06. The van der Waals surface area contributed by atoms with Crippen molar-refractivity contribution in [2.75, 3.05) is 11.9 Å². The van der Waals surface area contributed by atoms with E-state index in [1.807, 2.05) is 0 Å². The van der Waals surface area contributed by atoms with Crippen molar-refractivity contribution in [3.05, 3.63) is 95.3 Å². The highest BCUT2D eigenvalue weighted by Crippen LogP contribution is 2.29. The molecule has 0 unspecified atom stereocenters. The number of hydrogen-bond donors (Lipinski definition) is 4. The number of benzene rings is 2. The molecule has 4 rings (SSSR count). The number of rotatable bonds is 9. The largest absolute Gasteiger partial charge is 0.481 e. The number of nitrogens with one attached hydrogen (secondary N) is 3. The fraction of sp³-hybridized carbons (Fsp3) is 0.111. The second-order valence-corrected chi connectivity index (χ2v) is 8.26. The van der Waals surface area contributed by atoms with Crippen molar-refractivity contribution < 1.29 is 33.0 Å². The molecule has 4 N–H and O–H groups in total. The van der Waals surface area contributed by atoms with Crippen LogP contribution in [0, 0.1) is 18.6 Å². The highest BCUT2D eigenvalue weighted by Gasteiger charge is 2.15. The van der Waals surface area contributed by atoms with Gasteiger partial charge in [0.2, 0.25) is 0 Å². The zero-order chi connectivity index (χ0) is 27.2. The van der Waals surface area contributed by atoms with Gasteiger partial charge in [0.1, 0.15) is 11.6 Å². The SMILES string of the molecule is Cc1ccc(F)c(NC(=O)c2ccc(F)c(Oc3ccnc(-c4cc(C(=O)NCCC(=O)O)c[nH]4)c3)c2)c1. The van der Waals surface area contributed by atoms with E-state index in [1.165, 1.54) is 54.9 Å². The normalized spacial score (nSPS) is 10.6. The summed E-state index contributed by atoms with van der Waals surface area (Å²) in [7, 11) is 0. The number of aryl methyl sites for hydroxylation is 1. The topological polar surface area (TPSA) is 133 Å². The number of pyridine rings is 1. The van der Waals surface area contributed by atoms with Crippen LogP contribution in [0.25, 0.3) is 11.4 Å². The zero-order valence-electron chi connectivity index (χ0n) is 20.0. The third-order valence-corrected chi connectivity index (χ3v) is 5.37. The fourth-order valence-corrected chi connectivity index (χ4v) is 3.46. The molecule has 0 saturated carbocycles. The maximum Gasteiger partial charge on any atom is 0.305 e. The summed E-state index contributed by atoms with van der Waals surface area (Å²) < 4.78 is 34.2. The number of H-pyrrole nitrogens is 1. The number of ether oxygens (including phenoxy) is 1. The van der Waals surface area contributed by atoms with Crippen LogP contribution < -0.4 is 15.4 Å². The lowest BCUT2D eigenvalue weighted by Gasteiger charge is -2.11. The summed E-state index contributed by atoms with van der Waals surface area (Å²) >= 11 is 0. The average molecular weight is 520 g/mol. The maximum atomic E-state index is 14.5. The molecule has 0 spiro atoms. The molecule has 0 bridgehead atoms. The number of anilines is 1. The average Bonchev–Trinajstić information content (AvgIpc) is 3.38. The summed E-state index contributed by atoms with van der Waals surface area (Å²) in [6, 6.07) is 12.3. The van der Waals surface area contributed by atoms with Gasteiger partial charge in [-0.05, 0) is 55.0 Å². The Balaban J connectivity index is 1.48. The van der Waals surface area contributed by atoms with E-state index >= 15 is 0 Å². The fourth-order valence-electron chi connectivity index (χ4n) is 3.46. The van der Waals surface area contributed by atoms with E-state index in [2.05, 4.69) is 20.6 Å². The van der Waals surface area contributed by atoms with E-state index in [4.69, 9.17) is 9.84 Å². The van der Waals surface area contributed by atoms with Crippen LogP contribution >= 0.6 is 0 Å². The molecule has 0 fully saturated rings. The van der Waals surface area contributed by atoms with Gasteiger partial charge in [0, 0.05) is 30.6 Å². The summed E-state index contributed by atoms with van der Waals surface area (Å²) in [5.74, 6) is -3.47. The van der Waals surface area contributed by atoms with Crippen LogP contribution in [0.5, 0.6) is 11.5 Å². The lowest BCUT2D eigenvalue weighted by Crippen LogP contribution is -2.25. The van der Waals surface area contributed by atoms with Crippen LogP contribution in [0.3, 0.4) is 0 Å². The number of carboxylic acid groups (broad SMARTS) is 1. The Morgan fingerprint density at radius 3 is 2.55 bits per heavy atom. The smallest absolute Gasteiger partial charge is 0.305 e. The molecule has 0 aliphatic carbocycles. The van der Waals surface area contributed by atoms with E-state index < -0.39 is 29.4 Å². The number of carboxylic acids is 1. The molecule has 4 aromatic rings. The van der Waals surface area contributed by atoms with Gasteiger partial charge in [0.15, 0.2) is 11.6 Å². The van der Waals surface area contributed by atoms with Gasteiger partial charge in [0.25, 0.3) is 11.8 Å². The van der Waals surface area contributed by atoms with Crippen LogP contribution in [0.4, 0.5) is 14.5 Å². The Kier molecular flexibility index (Phi) is 7.76. The highest BCUT2D eigenvalue weighted by atomic mass is 19.1. The van der Waals surface area contributed by atoms with E-state index in [9.17, 15) is 23.2 Å². The minimum atomic E-state index is -1.02. The Labute approximate surface area is 215 Å². The van der Waals surface area contributed by atoms with Gasteiger partial charge >= 0.3 is 5.97 Å². The van der Waals surface area contributed by atoms with Gasteiger partial charge in [0.05, 0.1) is 29.1 Å². The standard InChI is InChI=1S/C27H22F2N4O5/c1-15-2-4-19(28)21(10-15)33-27(37)16-3-5-20(29)24(12-16)38-18-6-8-30-23(13-18)22-11-17(14-32-22)26(36)31-9-7-25(34)35/h2-6,8,10-14,32H,7,9H2,1H3,(H,31,36)(H,33,37)(H,34,35). The first kappa shape index (κ1) is 26.0. The van der Waals surface area contributed by atoms with Gasteiger partial charge in [-0.2, -0.15) is 0 Å². The molecule has 0 aliphatic rings. The summed E-state index contributed by atoms with van der Waals surface area (Å²) in [6.07, 6.45) is 2.67. The predicted octanol–water partition coefficient (Wildman–Crippen LogP) is 4.91. The van der Waals surface area contributed by atoms with Crippen molar-refractivity contribution in [3.63, 3.8) is 0 Å². The number of aromatic nitrogens is 2. The number of carbonyl (C=O) groups is 3. The molecule has 0 atom stereocenters. The van der Waals surface area contributed by atoms with Gasteiger partial charge in [-0.15, -0.1) is 0 Å². The molecule has 0 radical (unpaired) electrons. The minimum Gasteiger partial charge on any atom is -0.481 e. The number of halogens is 2. The molecule has 2 aromatic heterocycles. The molecular weight excluding hydrogens is 498 g/mol. The lowest BCUT2D eigenvalue weighted by molar-refractivity contribution is -0.136. The Bertz CT molecular complexity index is 1520. The monoisotopic (exact) mass is 520 g/mol. The van der Waals surface area contributed by atoms with Crippen LogP contribution in [0.2, 0.25) is 0 Å². The van der Waals surface area contributed by atoms with Crippen molar-refractivity contribution in [2.45, 2.75) is 13.3 Å². The van der Waals surface area contributed by atoms with Gasteiger partial charge in [-0.3, -0.25) is 19.4 Å². The zero-order valence-corrected chi connectivity index (χ0v) is 20.0. The number of hydrogen-bond acceptors (Lipinski definition) is 5. The number of nitrogens with zero attached hydrogens (tertiary/aromatic N) is 1. The first-order valence-electron chi connectivity index (χ1n) is 11.4. The number of aliphatic carboxylic acids is 1. The first-order valence-corrected chi connectivity index (χ1v) is 11.4.